The molecule has 0 saturated carbocycles. The van der Waals surface area contributed by atoms with Crippen LogP contribution in [0, 0.1) is 0 Å². The second-order valence-electron chi connectivity index (χ2n) is 8.74. The van der Waals surface area contributed by atoms with E-state index in [1.165, 1.54) is 5.56 Å². The molecule has 4 heterocycles. The highest BCUT2D eigenvalue weighted by Crippen LogP contribution is 2.47. The number of nitrogens with zero attached hydrogens (tertiary/aromatic N) is 4. The van der Waals surface area contributed by atoms with Crippen LogP contribution in [0.25, 0.3) is 0 Å². The Bertz CT molecular complexity index is 931. The lowest BCUT2D eigenvalue weighted by atomic mass is 9.74. The Balaban J connectivity index is 1.31. The highest BCUT2D eigenvalue weighted by Gasteiger charge is 2.47. The van der Waals surface area contributed by atoms with E-state index in [1.54, 1.807) is 6.20 Å². The van der Waals surface area contributed by atoms with Gasteiger partial charge in [0.15, 0.2) is 0 Å². The fourth-order valence-electron chi connectivity index (χ4n) is 5.26. The van der Waals surface area contributed by atoms with E-state index in [9.17, 15) is 9.59 Å². The number of hydrogen-bond acceptors (Lipinski definition) is 3. The van der Waals surface area contributed by atoms with E-state index in [1.807, 2.05) is 39.0 Å². The number of carbonyl (C=O) groups is 2. The minimum absolute atomic E-state index is 0.0479. The van der Waals surface area contributed by atoms with E-state index in [2.05, 4.69) is 23.2 Å². The minimum Gasteiger partial charge on any atom is -0.342 e. The van der Waals surface area contributed by atoms with Crippen LogP contribution in [0.15, 0.2) is 48.7 Å². The Morgan fingerprint density at radius 2 is 1.63 bits per heavy atom. The zero-order chi connectivity index (χ0) is 20.6. The summed E-state index contributed by atoms with van der Waals surface area (Å²) in [5.41, 5.74) is 3.10. The molecule has 6 nitrogen and oxygen atoms in total. The molecule has 1 aromatic heterocycles. The number of rotatable bonds is 2. The van der Waals surface area contributed by atoms with Gasteiger partial charge in [-0.25, -0.2) is 4.79 Å². The van der Waals surface area contributed by atoms with E-state index >= 15 is 0 Å². The van der Waals surface area contributed by atoms with E-state index in [0.717, 1.165) is 69.8 Å². The molecule has 0 unspecified atom stereocenters. The van der Waals surface area contributed by atoms with Crippen molar-refractivity contribution in [3.63, 3.8) is 0 Å². The molecule has 3 amide bonds. The molecule has 0 N–H and O–H groups in total. The summed E-state index contributed by atoms with van der Waals surface area (Å²) in [6.45, 7) is 3.90. The highest BCUT2D eigenvalue weighted by atomic mass is 16.2. The number of aromatic nitrogens is 1. The van der Waals surface area contributed by atoms with Crippen molar-refractivity contribution >= 4 is 17.6 Å². The first kappa shape index (κ1) is 19.1. The zero-order valence-electron chi connectivity index (χ0n) is 17.3. The predicted octanol–water partition coefficient (Wildman–Crippen LogP) is 3.22. The zero-order valence-corrected chi connectivity index (χ0v) is 17.3. The molecule has 0 bridgehead atoms. The highest BCUT2D eigenvalue weighted by molar-refractivity contribution is 5.95. The topological polar surface area (TPSA) is 56.8 Å². The van der Waals surface area contributed by atoms with Crippen LogP contribution in [0.1, 0.15) is 36.9 Å². The predicted molar refractivity (Wildman–Crippen MR) is 115 cm³/mol. The number of urea groups is 1. The molecule has 30 heavy (non-hydrogen) atoms. The third kappa shape index (κ3) is 3.34. The molecule has 3 aliphatic heterocycles. The van der Waals surface area contributed by atoms with Crippen molar-refractivity contribution in [2.45, 2.75) is 37.5 Å². The molecule has 2 saturated heterocycles. The number of carbonyl (C=O) groups excluding carboxylic acids is 2. The molecule has 0 aliphatic carbocycles. The normalized spacial score (nSPS) is 19.9. The van der Waals surface area contributed by atoms with Crippen molar-refractivity contribution in [3.8, 4) is 0 Å². The summed E-state index contributed by atoms with van der Waals surface area (Å²) in [5.74, 6) is 0.139. The van der Waals surface area contributed by atoms with Crippen LogP contribution in [0.2, 0.25) is 0 Å². The van der Waals surface area contributed by atoms with Crippen molar-refractivity contribution in [3.05, 3.63) is 59.9 Å². The lowest BCUT2D eigenvalue weighted by Gasteiger charge is -2.40. The first-order valence-corrected chi connectivity index (χ1v) is 11.0. The van der Waals surface area contributed by atoms with Crippen LogP contribution in [0.3, 0.4) is 0 Å². The van der Waals surface area contributed by atoms with Gasteiger partial charge in [0.25, 0.3) is 0 Å². The van der Waals surface area contributed by atoms with E-state index in [4.69, 9.17) is 0 Å². The molecule has 1 spiro atoms. The van der Waals surface area contributed by atoms with Crippen LogP contribution in [-0.2, 0) is 16.6 Å². The summed E-state index contributed by atoms with van der Waals surface area (Å²) < 4.78 is 0. The van der Waals surface area contributed by atoms with Gasteiger partial charge in [-0.2, -0.15) is 0 Å². The number of pyridine rings is 1. The smallest absolute Gasteiger partial charge is 0.324 e. The van der Waals surface area contributed by atoms with Crippen LogP contribution in [0.5, 0.6) is 0 Å². The van der Waals surface area contributed by atoms with Gasteiger partial charge in [-0.15, -0.1) is 0 Å². The van der Waals surface area contributed by atoms with Crippen molar-refractivity contribution in [1.82, 2.24) is 14.8 Å². The standard InChI is InChI=1S/C24H28N4O2/c29-22(17-19-7-3-4-12-25-19)26-15-10-24(11-16-26)18-28(21-9-2-1-8-20(21)24)23(30)27-13-5-6-14-27/h1-4,7-9,12H,5-6,10-11,13-18H2. The number of piperidine rings is 1. The Hall–Kier alpha value is -2.89. The van der Waals surface area contributed by atoms with Gasteiger partial charge >= 0.3 is 6.03 Å². The van der Waals surface area contributed by atoms with Crippen molar-refractivity contribution < 1.29 is 9.59 Å². The molecule has 0 radical (unpaired) electrons. The number of hydrogen-bond donors (Lipinski definition) is 0. The maximum Gasteiger partial charge on any atom is 0.324 e. The van der Waals surface area contributed by atoms with Gasteiger partial charge in [0.05, 0.1) is 6.42 Å². The van der Waals surface area contributed by atoms with Crippen molar-refractivity contribution in [2.75, 3.05) is 37.6 Å². The monoisotopic (exact) mass is 404 g/mol. The lowest BCUT2D eigenvalue weighted by molar-refractivity contribution is -0.132. The summed E-state index contributed by atoms with van der Waals surface area (Å²) in [7, 11) is 0. The number of fused-ring (bicyclic) bond motifs is 2. The molecule has 5 rings (SSSR count). The third-order valence-electron chi connectivity index (χ3n) is 6.97. The van der Waals surface area contributed by atoms with Gasteiger partial charge in [-0.1, -0.05) is 24.3 Å². The molecular weight excluding hydrogens is 376 g/mol. The summed E-state index contributed by atoms with van der Waals surface area (Å²) in [5, 5.41) is 0. The minimum atomic E-state index is -0.0479. The summed E-state index contributed by atoms with van der Waals surface area (Å²) in [6.07, 6.45) is 6.06. The maximum absolute atomic E-state index is 13.2. The Labute approximate surface area is 177 Å². The SMILES string of the molecule is O=C(Cc1ccccn1)N1CCC2(CC1)CN(C(=O)N1CCCC1)c1ccccc12. The molecular formula is C24H28N4O2. The summed E-state index contributed by atoms with van der Waals surface area (Å²) in [4.78, 5) is 36.2. The number of likely N-dealkylation sites (tertiary alicyclic amines) is 2. The molecule has 0 atom stereocenters. The fraction of sp³-hybridized carbons (Fsp3) is 0.458. The number of anilines is 1. The van der Waals surface area contributed by atoms with Crippen molar-refractivity contribution in [2.24, 2.45) is 0 Å². The average molecular weight is 405 g/mol. The molecule has 2 aromatic rings. The molecule has 2 fully saturated rings. The van der Waals surface area contributed by atoms with Gasteiger partial charge in [-0.3, -0.25) is 14.7 Å². The largest absolute Gasteiger partial charge is 0.342 e. The number of benzene rings is 1. The summed E-state index contributed by atoms with van der Waals surface area (Å²) >= 11 is 0. The van der Waals surface area contributed by atoms with Crippen LogP contribution in [-0.4, -0.2) is 59.4 Å². The van der Waals surface area contributed by atoms with Crippen LogP contribution < -0.4 is 4.90 Å². The fourth-order valence-corrected chi connectivity index (χ4v) is 5.26. The Morgan fingerprint density at radius 1 is 0.900 bits per heavy atom. The van der Waals surface area contributed by atoms with Crippen LogP contribution >= 0.6 is 0 Å². The second kappa shape index (κ2) is 7.74. The maximum atomic E-state index is 13.2. The first-order chi connectivity index (χ1) is 14.7. The third-order valence-corrected chi connectivity index (χ3v) is 6.97. The molecule has 6 heteroatoms. The van der Waals surface area contributed by atoms with Gasteiger partial charge in [0.2, 0.25) is 5.91 Å². The molecule has 156 valence electrons. The Kier molecular flexibility index (Phi) is 4.93. The van der Waals surface area contributed by atoms with E-state index in [0.29, 0.717) is 6.42 Å². The van der Waals surface area contributed by atoms with Crippen LogP contribution in [0.4, 0.5) is 10.5 Å². The second-order valence-corrected chi connectivity index (χ2v) is 8.74. The number of amides is 3. The van der Waals surface area contributed by atoms with Gasteiger partial charge < -0.3 is 9.80 Å². The Morgan fingerprint density at radius 3 is 2.37 bits per heavy atom. The van der Waals surface area contributed by atoms with Gasteiger partial charge in [0, 0.05) is 55.7 Å². The molecule has 1 aromatic carbocycles. The van der Waals surface area contributed by atoms with E-state index in [-0.39, 0.29) is 17.4 Å². The quantitative estimate of drug-likeness (QED) is 0.772. The van der Waals surface area contributed by atoms with E-state index < -0.39 is 0 Å². The average Bonchev–Trinajstić information content (AvgIpc) is 3.43. The van der Waals surface area contributed by atoms with Gasteiger partial charge in [-0.05, 0) is 49.4 Å². The number of para-hydroxylation sites is 1. The first-order valence-electron chi connectivity index (χ1n) is 11.0. The summed E-state index contributed by atoms with van der Waals surface area (Å²) in [6, 6.07) is 14.2. The van der Waals surface area contributed by atoms with Crippen molar-refractivity contribution in [1.29, 1.82) is 0 Å². The molecule has 3 aliphatic rings. The lowest BCUT2D eigenvalue weighted by Crippen LogP contribution is -2.49. The van der Waals surface area contributed by atoms with Gasteiger partial charge in [0.1, 0.15) is 0 Å².